The number of benzene rings is 2. The topological polar surface area (TPSA) is 87.8 Å². The lowest BCUT2D eigenvalue weighted by molar-refractivity contribution is -0.139. The number of carbonyl (C=O) groups excluding carboxylic acids is 1. The van der Waals surface area contributed by atoms with Crippen molar-refractivity contribution in [3.8, 4) is 11.8 Å². The van der Waals surface area contributed by atoms with Gasteiger partial charge in [0, 0.05) is 28.9 Å². The van der Waals surface area contributed by atoms with Crippen LogP contribution < -0.4 is 9.64 Å². The number of hydrogen-bond acceptors (Lipinski definition) is 7. The number of carbonyl (C=O) groups is 1. The zero-order valence-electron chi connectivity index (χ0n) is 17.4. The van der Waals surface area contributed by atoms with E-state index in [9.17, 15) is 10.1 Å². The third kappa shape index (κ3) is 2.48. The van der Waals surface area contributed by atoms with Crippen molar-refractivity contribution < 1.29 is 14.3 Å². The number of aliphatic imine (C=N–C) groups is 1. The smallest absolute Gasteiger partial charge is 0.325 e. The molecule has 2 aliphatic heterocycles. The number of methoxy groups -OCH3 is 1. The van der Waals surface area contributed by atoms with Gasteiger partial charge in [0.15, 0.2) is 5.75 Å². The summed E-state index contributed by atoms with van der Waals surface area (Å²) in [4.78, 5) is 23.2. The molecule has 1 unspecified atom stereocenters. The minimum Gasteiger partial charge on any atom is -0.468 e. The molecule has 31 heavy (non-hydrogen) atoms. The van der Waals surface area contributed by atoms with Gasteiger partial charge in [-0.05, 0) is 37.6 Å². The molecule has 7 nitrogen and oxygen atoms in total. The predicted molar refractivity (Wildman–Crippen MR) is 117 cm³/mol. The lowest BCUT2D eigenvalue weighted by Gasteiger charge is -2.46. The maximum atomic E-state index is 12.3. The number of fused-ring (bicyclic) bond motifs is 4. The van der Waals surface area contributed by atoms with Crippen LogP contribution in [0, 0.1) is 11.3 Å². The third-order valence-corrected chi connectivity index (χ3v) is 6.31. The number of aromatic nitrogens is 1. The molecule has 7 heteroatoms. The van der Waals surface area contributed by atoms with Crippen molar-refractivity contribution in [1.82, 2.24) is 4.98 Å². The number of para-hydroxylation sites is 1. The first-order valence-corrected chi connectivity index (χ1v) is 9.92. The molecule has 1 aromatic heterocycles. The van der Waals surface area contributed by atoms with Crippen LogP contribution in [0.4, 0.5) is 11.4 Å². The SMILES string of the molecule is COC(=O)CN1c2ccccc2C(C)(C)C12C=Nc1cc(C#N)c3cnccc3c1O2. The van der Waals surface area contributed by atoms with Gasteiger partial charge in [-0.2, -0.15) is 5.26 Å². The number of hydrogen-bond donors (Lipinski definition) is 0. The molecule has 2 aliphatic rings. The first kappa shape index (κ1) is 19.1. The van der Waals surface area contributed by atoms with Gasteiger partial charge in [-0.15, -0.1) is 0 Å². The zero-order chi connectivity index (χ0) is 21.8. The molecule has 154 valence electrons. The summed E-state index contributed by atoms with van der Waals surface area (Å²) in [6, 6.07) is 13.7. The van der Waals surface area contributed by atoms with Crippen LogP contribution in [0.3, 0.4) is 0 Å². The zero-order valence-corrected chi connectivity index (χ0v) is 17.4. The number of nitrogens with zero attached hydrogens (tertiary/aromatic N) is 4. The molecule has 2 aromatic carbocycles. The molecule has 0 saturated heterocycles. The molecule has 5 rings (SSSR count). The van der Waals surface area contributed by atoms with Gasteiger partial charge in [-0.25, -0.2) is 0 Å². The molecule has 0 fully saturated rings. The number of esters is 1. The van der Waals surface area contributed by atoms with E-state index in [4.69, 9.17) is 14.5 Å². The van der Waals surface area contributed by atoms with E-state index in [0.29, 0.717) is 22.4 Å². The fraction of sp³-hybridized carbons (Fsp3) is 0.250. The van der Waals surface area contributed by atoms with Gasteiger partial charge >= 0.3 is 5.97 Å². The van der Waals surface area contributed by atoms with Crippen LogP contribution >= 0.6 is 0 Å². The molecule has 0 bridgehead atoms. The van der Waals surface area contributed by atoms with Gasteiger partial charge in [-0.1, -0.05) is 18.2 Å². The molecule has 0 N–H and O–H groups in total. The summed E-state index contributed by atoms with van der Waals surface area (Å²) in [7, 11) is 1.37. The molecule has 0 amide bonds. The van der Waals surface area contributed by atoms with Gasteiger partial charge in [0.05, 0.1) is 30.4 Å². The summed E-state index contributed by atoms with van der Waals surface area (Å²) in [5, 5.41) is 11.0. The highest BCUT2D eigenvalue weighted by molar-refractivity contribution is 6.00. The fourth-order valence-electron chi connectivity index (χ4n) is 4.62. The summed E-state index contributed by atoms with van der Waals surface area (Å²) in [6.07, 6.45) is 5.06. The molecular weight excluding hydrogens is 392 g/mol. The average Bonchev–Trinajstić information content (AvgIpc) is 2.97. The van der Waals surface area contributed by atoms with E-state index in [-0.39, 0.29) is 12.5 Å². The van der Waals surface area contributed by atoms with Crippen molar-refractivity contribution in [2.75, 3.05) is 18.6 Å². The van der Waals surface area contributed by atoms with Gasteiger partial charge < -0.3 is 14.4 Å². The molecular formula is C24H20N4O3. The second-order valence-electron chi connectivity index (χ2n) is 8.17. The quantitative estimate of drug-likeness (QED) is 0.594. The van der Waals surface area contributed by atoms with Crippen LogP contribution in [-0.2, 0) is 14.9 Å². The standard InChI is InChI=1S/C24H20N4O3/c1-23(2)18-6-4-5-7-20(18)28(13-21(29)30-3)24(23)14-27-19-10-15(11-25)17-12-26-9-8-16(17)22(19)31-24/h4-10,12,14H,13H2,1-3H3. The van der Waals surface area contributed by atoms with Crippen LogP contribution in [0.25, 0.3) is 10.8 Å². The highest BCUT2D eigenvalue weighted by Crippen LogP contribution is 2.55. The van der Waals surface area contributed by atoms with Crippen LogP contribution in [0.5, 0.6) is 5.75 Å². The van der Waals surface area contributed by atoms with Crippen LogP contribution in [-0.4, -0.2) is 36.5 Å². The third-order valence-electron chi connectivity index (χ3n) is 6.31. The largest absolute Gasteiger partial charge is 0.468 e. The van der Waals surface area contributed by atoms with Crippen molar-refractivity contribution in [1.29, 1.82) is 5.26 Å². The van der Waals surface area contributed by atoms with Crippen LogP contribution in [0.15, 0.2) is 53.8 Å². The molecule has 3 aromatic rings. The molecule has 0 aliphatic carbocycles. The molecule has 3 heterocycles. The maximum absolute atomic E-state index is 12.3. The molecule has 1 spiro atoms. The van der Waals surface area contributed by atoms with Crippen molar-refractivity contribution in [2.45, 2.75) is 25.0 Å². The van der Waals surface area contributed by atoms with Crippen molar-refractivity contribution in [3.63, 3.8) is 0 Å². The highest BCUT2D eigenvalue weighted by atomic mass is 16.5. The van der Waals surface area contributed by atoms with Crippen molar-refractivity contribution in [3.05, 3.63) is 59.9 Å². The monoisotopic (exact) mass is 412 g/mol. The van der Waals surface area contributed by atoms with Gasteiger partial charge in [0.2, 0.25) is 5.72 Å². The minimum absolute atomic E-state index is 0.00800. The first-order chi connectivity index (χ1) is 14.9. The normalized spacial score (nSPS) is 20.1. The van der Waals surface area contributed by atoms with Crippen molar-refractivity contribution >= 4 is 34.3 Å². The number of ether oxygens (including phenoxy) is 2. The lowest BCUT2D eigenvalue weighted by Crippen LogP contribution is -2.63. The maximum Gasteiger partial charge on any atom is 0.325 e. The Morgan fingerprint density at radius 3 is 2.84 bits per heavy atom. The number of rotatable bonds is 2. The van der Waals surface area contributed by atoms with Crippen LogP contribution in [0.2, 0.25) is 0 Å². The summed E-state index contributed by atoms with van der Waals surface area (Å²) in [6.45, 7) is 4.16. The highest BCUT2D eigenvalue weighted by Gasteiger charge is 2.60. The summed E-state index contributed by atoms with van der Waals surface area (Å²) >= 11 is 0. The Bertz CT molecular complexity index is 1310. The molecule has 1 atom stereocenters. The Morgan fingerprint density at radius 1 is 1.26 bits per heavy atom. The molecule has 0 saturated carbocycles. The Labute approximate surface area is 179 Å². The van der Waals surface area contributed by atoms with Gasteiger partial charge in [-0.3, -0.25) is 14.8 Å². The fourth-order valence-corrected chi connectivity index (χ4v) is 4.62. The van der Waals surface area contributed by atoms with Gasteiger partial charge in [0.1, 0.15) is 12.2 Å². The second kappa shape index (κ2) is 6.54. The average molecular weight is 412 g/mol. The lowest BCUT2D eigenvalue weighted by atomic mass is 9.77. The van der Waals surface area contributed by atoms with E-state index < -0.39 is 11.1 Å². The summed E-state index contributed by atoms with van der Waals surface area (Å²) in [5.74, 6) is 0.193. The van der Waals surface area contributed by atoms with E-state index in [0.717, 1.165) is 16.6 Å². The van der Waals surface area contributed by atoms with E-state index in [1.807, 2.05) is 35.2 Å². The van der Waals surface area contributed by atoms with E-state index in [1.54, 1.807) is 24.7 Å². The van der Waals surface area contributed by atoms with E-state index >= 15 is 0 Å². The van der Waals surface area contributed by atoms with E-state index in [1.165, 1.54) is 7.11 Å². The number of pyridine rings is 1. The van der Waals surface area contributed by atoms with Crippen LogP contribution in [0.1, 0.15) is 25.0 Å². The number of nitriles is 1. The molecule has 0 radical (unpaired) electrons. The van der Waals surface area contributed by atoms with E-state index in [2.05, 4.69) is 24.9 Å². The minimum atomic E-state index is -1.05. The van der Waals surface area contributed by atoms with Crippen molar-refractivity contribution in [2.24, 2.45) is 4.99 Å². The Kier molecular flexibility index (Phi) is 4.02. The first-order valence-electron chi connectivity index (χ1n) is 9.92. The number of anilines is 1. The second-order valence-corrected chi connectivity index (χ2v) is 8.17. The Hall–Kier alpha value is -3.92. The van der Waals surface area contributed by atoms with Gasteiger partial charge in [0.25, 0.3) is 0 Å². The Balaban J connectivity index is 1.75. The summed E-state index contributed by atoms with van der Waals surface area (Å²) < 4.78 is 11.8. The Morgan fingerprint density at radius 2 is 2.06 bits per heavy atom. The summed E-state index contributed by atoms with van der Waals surface area (Å²) in [5.41, 5.74) is 1.42. The predicted octanol–water partition coefficient (Wildman–Crippen LogP) is 3.87.